The number of benzene rings is 2. The molecule has 0 spiro atoms. The molecule has 0 aliphatic carbocycles. The van der Waals surface area contributed by atoms with E-state index in [0.717, 1.165) is 0 Å². The first-order chi connectivity index (χ1) is 9.54. The van der Waals surface area contributed by atoms with Gasteiger partial charge < -0.3 is 10.1 Å². The van der Waals surface area contributed by atoms with E-state index in [-0.39, 0.29) is 16.9 Å². The van der Waals surface area contributed by atoms with Crippen molar-refractivity contribution < 1.29 is 13.5 Å². The van der Waals surface area contributed by atoms with Gasteiger partial charge in [0.1, 0.15) is 23.5 Å². The van der Waals surface area contributed by atoms with Crippen LogP contribution in [0.3, 0.4) is 0 Å². The van der Waals surface area contributed by atoms with Gasteiger partial charge in [-0.15, -0.1) is 0 Å². The Balaban J connectivity index is 1.91. The van der Waals surface area contributed by atoms with Gasteiger partial charge in [0.05, 0.1) is 17.3 Å². The Hall–Kier alpha value is -1.81. The highest BCUT2D eigenvalue weighted by atomic mass is 35.5. The molecule has 0 aromatic heterocycles. The Labute approximate surface area is 120 Å². The van der Waals surface area contributed by atoms with Crippen LogP contribution in [0.2, 0.25) is 5.02 Å². The average Bonchev–Trinajstić information content (AvgIpc) is 2.43. The zero-order valence-corrected chi connectivity index (χ0v) is 11.5. The number of ether oxygens (including phenoxy) is 1. The van der Waals surface area contributed by atoms with Gasteiger partial charge in [0.2, 0.25) is 0 Å². The minimum absolute atomic E-state index is 0.0414. The maximum absolute atomic E-state index is 13.6. The Bertz CT molecular complexity index is 675. The number of anilines is 1. The van der Waals surface area contributed by atoms with E-state index in [0.29, 0.717) is 29.1 Å². The maximum atomic E-state index is 13.6. The minimum atomic E-state index is -0.539. The number of halogens is 3. The quantitative estimate of drug-likeness (QED) is 0.838. The predicted molar refractivity (Wildman–Crippen MR) is 74.4 cm³/mol. The third kappa shape index (κ3) is 2.31. The van der Waals surface area contributed by atoms with Crippen molar-refractivity contribution in [2.45, 2.75) is 13.0 Å². The lowest BCUT2D eigenvalue weighted by Crippen LogP contribution is -2.23. The summed E-state index contributed by atoms with van der Waals surface area (Å²) in [5.74, 6) is -0.439. The Morgan fingerprint density at radius 2 is 2.00 bits per heavy atom. The molecule has 3 rings (SSSR count). The number of hydrogen-bond acceptors (Lipinski definition) is 2. The van der Waals surface area contributed by atoms with E-state index in [9.17, 15) is 8.78 Å². The molecule has 2 nitrogen and oxygen atoms in total. The lowest BCUT2D eigenvalue weighted by molar-refractivity contribution is 0.209. The molecule has 104 valence electrons. The van der Waals surface area contributed by atoms with Gasteiger partial charge in [-0.1, -0.05) is 23.7 Å². The standard InChI is InChI=1S/C15H12ClF2NO/c1-8-2-3-9(4-11(8)17)15-7-19-13-5-10(16)12(18)6-14(13)20-15/h2-6,15,19H,7H2,1H3. The molecule has 0 saturated carbocycles. The number of fused-ring (bicyclic) bond motifs is 1. The van der Waals surface area contributed by atoms with Crippen LogP contribution in [0.15, 0.2) is 30.3 Å². The predicted octanol–water partition coefficient (Wildman–Crippen LogP) is 4.47. The summed E-state index contributed by atoms with van der Waals surface area (Å²) in [5, 5.41) is 3.16. The molecule has 1 aliphatic rings. The van der Waals surface area contributed by atoms with Gasteiger partial charge in [-0.05, 0) is 30.2 Å². The fraction of sp³-hybridized carbons (Fsp3) is 0.200. The molecular weight excluding hydrogens is 284 g/mol. The lowest BCUT2D eigenvalue weighted by Gasteiger charge is -2.28. The lowest BCUT2D eigenvalue weighted by atomic mass is 10.1. The van der Waals surface area contributed by atoms with Gasteiger partial charge >= 0.3 is 0 Å². The van der Waals surface area contributed by atoms with E-state index < -0.39 is 5.82 Å². The summed E-state index contributed by atoms with van der Waals surface area (Å²) < 4.78 is 32.8. The van der Waals surface area contributed by atoms with Gasteiger partial charge in [0.25, 0.3) is 0 Å². The normalized spacial score (nSPS) is 17.1. The molecule has 20 heavy (non-hydrogen) atoms. The molecule has 5 heteroatoms. The van der Waals surface area contributed by atoms with Gasteiger partial charge in [0, 0.05) is 6.07 Å². The highest BCUT2D eigenvalue weighted by molar-refractivity contribution is 6.31. The van der Waals surface area contributed by atoms with E-state index in [4.69, 9.17) is 16.3 Å². The van der Waals surface area contributed by atoms with Crippen LogP contribution in [0.1, 0.15) is 17.2 Å². The minimum Gasteiger partial charge on any atom is -0.482 e. The van der Waals surface area contributed by atoms with Crippen LogP contribution in [-0.4, -0.2) is 6.54 Å². The molecule has 1 heterocycles. The van der Waals surface area contributed by atoms with Crippen LogP contribution < -0.4 is 10.1 Å². The molecular formula is C15H12ClF2NO. The summed E-state index contributed by atoms with van der Waals surface area (Å²) in [7, 11) is 0. The molecule has 0 radical (unpaired) electrons. The van der Waals surface area contributed by atoms with Gasteiger partial charge in [-0.2, -0.15) is 0 Å². The monoisotopic (exact) mass is 295 g/mol. The summed E-state index contributed by atoms with van der Waals surface area (Å²) in [6.07, 6.45) is -0.363. The molecule has 1 unspecified atom stereocenters. The Kier molecular flexibility index (Phi) is 3.26. The molecule has 0 fully saturated rings. The molecule has 0 saturated heterocycles. The third-order valence-electron chi connectivity index (χ3n) is 3.34. The molecule has 1 N–H and O–H groups in total. The van der Waals surface area contributed by atoms with E-state index >= 15 is 0 Å². The van der Waals surface area contributed by atoms with Gasteiger partial charge in [-0.25, -0.2) is 8.78 Å². The SMILES string of the molecule is Cc1ccc(C2CNc3cc(Cl)c(F)cc3O2)cc1F. The maximum Gasteiger partial charge on any atom is 0.146 e. The smallest absolute Gasteiger partial charge is 0.146 e. The van der Waals surface area contributed by atoms with Crippen LogP contribution in [-0.2, 0) is 0 Å². The second-order valence-corrected chi connectivity index (χ2v) is 5.17. The highest BCUT2D eigenvalue weighted by Gasteiger charge is 2.23. The number of nitrogens with one attached hydrogen (secondary N) is 1. The van der Waals surface area contributed by atoms with E-state index in [2.05, 4.69) is 5.32 Å². The average molecular weight is 296 g/mol. The summed E-state index contributed by atoms with van der Waals surface area (Å²) >= 11 is 5.72. The van der Waals surface area contributed by atoms with E-state index in [1.807, 2.05) is 6.07 Å². The van der Waals surface area contributed by atoms with Crippen molar-refractivity contribution in [2.75, 3.05) is 11.9 Å². The number of aryl methyl sites for hydroxylation is 1. The van der Waals surface area contributed by atoms with Crippen molar-refractivity contribution in [2.24, 2.45) is 0 Å². The van der Waals surface area contributed by atoms with Crippen molar-refractivity contribution in [3.63, 3.8) is 0 Å². The van der Waals surface area contributed by atoms with Crippen molar-refractivity contribution in [3.8, 4) is 5.75 Å². The fourth-order valence-corrected chi connectivity index (χ4v) is 2.32. The molecule has 2 aromatic carbocycles. The second-order valence-electron chi connectivity index (χ2n) is 4.76. The van der Waals surface area contributed by atoms with Crippen LogP contribution in [0, 0.1) is 18.6 Å². The largest absolute Gasteiger partial charge is 0.482 e. The first-order valence-corrected chi connectivity index (χ1v) is 6.58. The van der Waals surface area contributed by atoms with Crippen LogP contribution in [0.4, 0.5) is 14.5 Å². The topological polar surface area (TPSA) is 21.3 Å². The summed E-state index contributed by atoms with van der Waals surface area (Å²) in [5.41, 5.74) is 1.93. The van der Waals surface area contributed by atoms with Crippen molar-refractivity contribution >= 4 is 17.3 Å². The van der Waals surface area contributed by atoms with E-state index in [1.54, 1.807) is 13.0 Å². The summed E-state index contributed by atoms with van der Waals surface area (Å²) in [6, 6.07) is 7.67. The van der Waals surface area contributed by atoms with Crippen molar-refractivity contribution in [1.82, 2.24) is 0 Å². The fourth-order valence-electron chi connectivity index (χ4n) is 2.16. The van der Waals surface area contributed by atoms with Crippen LogP contribution in [0.5, 0.6) is 5.75 Å². The number of rotatable bonds is 1. The zero-order valence-electron chi connectivity index (χ0n) is 10.7. The Morgan fingerprint density at radius 3 is 2.75 bits per heavy atom. The first kappa shape index (κ1) is 13.2. The first-order valence-electron chi connectivity index (χ1n) is 6.20. The number of hydrogen-bond donors (Lipinski definition) is 1. The third-order valence-corrected chi connectivity index (χ3v) is 3.63. The van der Waals surface area contributed by atoms with Crippen LogP contribution in [0.25, 0.3) is 0 Å². The molecule has 1 aliphatic heterocycles. The Morgan fingerprint density at radius 1 is 1.20 bits per heavy atom. The molecule has 1 atom stereocenters. The molecule has 0 bridgehead atoms. The zero-order chi connectivity index (χ0) is 14.3. The molecule has 2 aromatic rings. The van der Waals surface area contributed by atoms with Gasteiger partial charge in [-0.3, -0.25) is 0 Å². The molecule has 0 amide bonds. The van der Waals surface area contributed by atoms with Crippen molar-refractivity contribution in [1.29, 1.82) is 0 Å². The highest BCUT2D eigenvalue weighted by Crippen LogP contribution is 2.37. The van der Waals surface area contributed by atoms with Crippen molar-refractivity contribution in [3.05, 3.63) is 58.1 Å². The second kappa shape index (κ2) is 4.94. The van der Waals surface area contributed by atoms with Gasteiger partial charge in [0.15, 0.2) is 0 Å². The van der Waals surface area contributed by atoms with E-state index in [1.165, 1.54) is 18.2 Å². The summed E-state index contributed by atoms with van der Waals surface area (Å²) in [4.78, 5) is 0. The van der Waals surface area contributed by atoms with Crippen LogP contribution >= 0.6 is 11.6 Å². The summed E-state index contributed by atoms with van der Waals surface area (Å²) in [6.45, 7) is 2.17.